The number of hydrogen-bond acceptors (Lipinski definition) is 4. The summed E-state index contributed by atoms with van der Waals surface area (Å²) in [4.78, 5) is 11.9. The molecule has 0 amide bonds. The molecule has 100 valence electrons. The van der Waals surface area contributed by atoms with Gasteiger partial charge in [0.2, 0.25) is 0 Å². The van der Waals surface area contributed by atoms with Gasteiger partial charge in [-0.15, -0.1) is 0 Å². The molecule has 1 rings (SSSR count). The van der Waals surface area contributed by atoms with Gasteiger partial charge in [0.15, 0.2) is 17.1 Å². The van der Waals surface area contributed by atoms with E-state index in [9.17, 15) is 15.0 Å². The Morgan fingerprint density at radius 3 is 2.22 bits per heavy atom. The SMILES string of the molecule is CCC(=O)[C@](O)(CC)[C@@](C)(O)Nc1ccccc1. The molecule has 2 atom stereocenters. The first kappa shape index (κ1) is 14.7. The zero-order valence-corrected chi connectivity index (χ0v) is 11.1. The van der Waals surface area contributed by atoms with Crippen LogP contribution in [-0.4, -0.2) is 27.3 Å². The molecule has 0 saturated heterocycles. The summed E-state index contributed by atoms with van der Waals surface area (Å²) in [6.07, 6.45) is 0.323. The van der Waals surface area contributed by atoms with E-state index in [-0.39, 0.29) is 18.6 Å². The molecule has 0 bridgehead atoms. The van der Waals surface area contributed by atoms with Crippen molar-refractivity contribution in [2.75, 3.05) is 5.32 Å². The van der Waals surface area contributed by atoms with Crippen molar-refractivity contribution < 1.29 is 15.0 Å². The summed E-state index contributed by atoms with van der Waals surface area (Å²) in [7, 11) is 0. The Labute approximate surface area is 108 Å². The quantitative estimate of drug-likeness (QED) is 0.676. The van der Waals surface area contributed by atoms with Gasteiger partial charge in [-0.2, -0.15) is 0 Å². The minimum Gasteiger partial charge on any atom is -0.377 e. The van der Waals surface area contributed by atoms with E-state index in [0.717, 1.165) is 0 Å². The van der Waals surface area contributed by atoms with Gasteiger partial charge in [-0.05, 0) is 25.5 Å². The number of ketones is 1. The number of hydrogen-bond donors (Lipinski definition) is 3. The molecule has 0 aliphatic carbocycles. The molecule has 0 fully saturated rings. The van der Waals surface area contributed by atoms with Crippen LogP contribution in [0.4, 0.5) is 5.69 Å². The molecule has 4 nitrogen and oxygen atoms in total. The minimum absolute atomic E-state index is 0.145. The standard InChI is InChI=1S/C14H21NO3/c1-4-12(16)14(18,5-2)13(3,17)15-11-9-7-6-8-10-11/h6-10,15,17-18H,4-5H2,1-3H3/t13-,14-/m1/s1. The highest BCUT2D eigenvalue weighted by atomic mass is 16.4. The topological polar surface area (TPSA) is 69.6 Å². The molecule has 0 radical (unpaired) electrons. The van der Waals surface area contributed by atoms with E-state index in [4.69, 9.17) is 0 Å². The third-order valence-electron chi connectivity index (χ3n) is 3.26. The molecule has 3 N–H and O–H groups in total. The van der Waals surface area contributed by atoms with Crippen LogP contribution in [0.1, 0.15) is 33.6 Å². The summed E-state index contributed by atoms with van der Waals surface area (Å²) < 4.78 is 0. The van der Waals surface area contributed by atoms with Crippen molar-refractivity contribution in [2.45, 2.75) is 44.9 Å². The highest BCUT2D eigenvalue weighted by Gasteiger charge is 2.49. The second kappa shape index (κ2) is 5.50. The number of anilines is 1. The van der Waals surface area contributed by atoms with Crippen LogP contribution in [0.5, 0.6) is 0 Å². The number of benzene rings is 1. The molecule has 0 aromatic heterocycles. The van der Waals surface area contributed by atoms with E-state index < -0.39 is 11.3 Å². The predicted molar refractivity (Wildman–Crippen MR) is 71.2 cm³/mol. The molecule has 1 aromatic carbocycles. The lowest BCUT2D eigenvalue weighted by Crippen LogP contribution is -2.61. The second-order valence-corrected chi connectivity index (χ2v) is 4.55. The van der Waals surface area contributed by atoms with Crippen molar-refractivity contribution in [2.24, 2.45) is 0 Å². The fraction of sp³-hybridized carbons (Fsp3) is 0.500. The lowest BCUT2D eigenvalue weighted by Gasteiger charge is -2.40. The van der Waals surface area contributed by atoms with Crippen LogP contribution in [0.3, 0.4) is 0 Å². The molecule has 18 heavy (non-hydrogen) atoms. The molecule has 0 aliphatic heterocycles. The van der Waals surface area contributed by atoms with Crippen LogP contribution in [0.15, 0.2) is 30.3 Å². The predicted octanol–water partition coefficient (Wildman–Crippen LogP) is 1.93. The number of para-hydroxylation sites is 1. The first-order valence-electron chi connectivity index (χ1n) is 6.18. The first-order valence-corrected chi connectivity index (χ1v) is 6.18. The van der Waals surface area contributed by atoms with E-state index in [0.29, 0.717) is 5.69 Å². The van der Waals surface area contributed by atoms with Gasteiger partial charge < -0.3 is 15.5 Å². The Bertz CT molecular complexity index is 403. The van der Waals surface area contributed by atoms with E-state index in [1.165, 1.54) is 6.92 Å². The van der Waals surface area contributed by atoms with Gasteiger partial charge in [0.05, 0.1) is 0 Å². The number of carbonyl (C=O) groups is 1. The minimum atomic E-state index is -1.79. The molecular formula is C14H21NO3. The average Bonchev–Trinajstić information content (AvgIpc) is 2.37. The molecule has 0 saturated carbocycles. The number of nitrogens with one attached hydrogen (secondary N) is 1. The Hall–Kier alpha value is -1.39. The van der Waals surface area contributed by atoms with Crippen LogP contribution < -0.4 is 5.32 Å². The van der Waals surface area contributed by atoms with Crippen LogP contribution in [-0.2, 0) is 4.79 Å². The van der Waals surface area contributed by atoms with Crippen LogP contribution >= 0.6 is 0 Å². The maximum atomic E-state index is 11.9. The van der Waals surface area contributed by atoms with Gasteiger partial charge in [0.25, 0.3) is 0 Å². The van der Waals surface area contributed by atoms with Crippen molar-refractivity contribution in [3.8, 4) is 0 Å². The lowest BCUT2D eigenvalue weighted by atomic mass is 9.83. The molecule has 0 heterocycles. The van der Waals surface area contributed by atoms with Crippen LogP contribution in [0.2, 0.25) is 0 Å². The molecule has 1 aromatic rings. The number of aliphatic hydroxyl groups is 2. The summed E-state index contributed by atoms with van der Waals surface area (Å²) in [5.41, 5.74) is -2.85. The monoisotopic (exact) mass is 251 g/mol. The summed E-state index contributed by atoms with van der Waals surface area (Å²) in [5, 5.41) is 23.6. The van der Waals surface area contributed by atoms with Crippen molar-refractivity contribution in [1.29, 1.82) is 0 Å². The fourth-order valence-corrected chi connectivity index (χ4v) is 2.01. The fourth-order valence-electron chi connectivity index (χ4n) is 2.01. The second-order valence-electron chi connectivity index (χ2n) is 4.55. The zero-order valence-electron chi connectivity index (χ0n) is 11.1. The Morgan fingerprint density at radius 2 is 1.78 bits per heavy atom. The van der Waals surface area contributed by atoms with E-state index >= 15 is 0 Å². The van der Waals surface area contributed by atoms with Gasteiger partial charge in [0, 0.05) is 12.1 Å². The number of Topliss-reactive ketones (excluding diaryl/α,β-unsaturated/α-hetero) is 1. The highest BCUT2D eigenvalue weighted by molar-refractivity contribution is 5.88. The van der Waals surface area contributed by atoms with Crippen LogP contribution in [0, 0.1) is 0 Å². The highest BCUT2D eigenvalue weighted by Crippen LogP contribution is 2.29. The Kier molecular flexibility index (Phi) is 4.48. The van der Waals surface area contributed by atoms with Crippen molar-refractivity contribution >= 4 is 11.5 Å². The molecular weight excluding hydrogens is 230 g/mol. The van der Waals surface area contributed by atoms with E-state index in [2.05, 4.69) is 5.32 Å². The summed E-state index contributed by atoms with van der Waals surface area (Å²) in [6, 6.07) is 9.00. The number of rotatable bonds is 6. The molecule has 0 aliphatic rings. The maximum absolute atomic E-state index is 11.9. The normalized spacial score (nSPS) is 17.6. The average molecular weight is 251 g/mol. The van der Waals surface area contributed by atoms with E-state index in [1.54, 1.807) is 26.0 Å². The largest absolute Gasteiger partial charge is 0.377 e. The Morgan fingerprint density at radius 1 is 1.22 bits per heavy atom. The van der Waals surface area contributed by atoms with Crippen molar-refractivity contribution in [3.05, 3.63) is 30.3 Å². The van der Waals surface area contributed by atoms with Gasteiger partial charge in [-0.25, -0.2) is 0 Å². The Balaban J connectivity index is 3.00. The zero-order chi connectivity index (χ0) is 13.8. The van der Waals surface area contributed by atoms with Gasteiger partial charge in [-0.3, -0.25) is 4.79 Å². The summed E-state index contributed by atoms with van der Waals surface area (Å²) in [5.74, 6) is -0.376. The third-order valence-corrected chi connectivity index (χ3v) is 3.26. The molecule has 4 heteroatoms. The molecule has 0 unspecified atom stereocenters. The summed E-state index contributed by atoms with van der Waals surface area (Å²) >= 11 is 0. The van der Waals surface area contributed by atoms with Crippen molar-refractivity contribution in [1.82, 2.24) is 0 Å². The lowest BCUT2D eigenvalue weighted by molar-refractivity contribution is -0.164. The maximum Gasteiger partial charge on any atom is 0.169 e. The van der Waals surface area contributed by atoms with Gasteiger partial charge in [-0.1, -0.05) is 32.0 Å². The smallest absolute Gasteiger partial charge is 0.169 e. The summed E-state index contributed by atoms with van der Waals surface area (Å²) in [6.45, 7) is 4.76. The van der Waals surface area contributed by atoms with Crippen molar-refractivity contribution in [3.63, 3.8) is 0 Å². The van der Waals surface area contributed by atoms with Crippen LogP contribution in [0.25, 0.3) is 0 Å². The number of carbonyl (C=O) groups excluding carboxylic acids is 1. The van der Waals surface area contributed by atoms with Gasteiger partial charge in [0.1, 0.15) is 0 Å². The third kappa shape index (κ3) is 2.71. The molecule has 0 spiro atoms. The first-order chi connectivity index (χ1) is 8.37. The van der Waals surface area contributed by atoms with E-state index in [1.807, 2.05) is 18.2 Å². The van der Waals surface area contributed by atoms with Gasteiger partial charge >= 0.3 is 0 Å².